The van der Waals surface area contributed by atoms with Crippen molar-refractivity contribution in [2.45, 2.75) is 38.8 Å². The third-order valence-electron chi connectivity index (χ3n) is 3.67. The first-order chi connectivity index (χ1) is 9.11. The van der Waals surface area contributed by atoms with Crippen LogP contribution >= 0.6 is 11.6 Å². The third kappa shape index (κ3) is 3.62. The first kappa shape index (κ1) is 14.6. The highest BCUT2D eigenvalue weighted by atomic mass is 35.5. The quantitative estimate of drug-likeness (QED) is 0.900. The number of rotatable bonds is 5. The number of hydrogen-bond acceptors (Lipinski definition) is 3. The average molecular weight is 283 g/mol. The molecule has 1 aliphatic heterocycles. The Morgan fingerprint density at radius 3 is 2.84 bits per heavy atom. The molecule has 2 N–H and O–H groups in total. The number of nitrogens with zero attached hydrogens (tertiary/aromatic N) is 1. The molecule has 1 fully saturated rings. The number of likely N-dealkylation sites (N-methyl/N-ethyl adjacent to an activating group) is 1. The highest BCUT2D eigenvalue weighted by Crippen LogP contribution is 2.29. The molecule has 0 spiro atoms. The van der Waals surface area contributed by atoms with Crippen molar-refractivity contribution in [1.82, 2.24) is 0 Å². The largest absolute Gasteiger partial charge is 0.376 e. The maximum Gasteiger partial charge on any atom is 0.0750 e. The summed E-state index contributed by atoms with van der Waals surface area (Å²) in [6.45, 7) is 6.84. The average Bonchev–Trinajstić information content (AvgIpc) is 2.89. The van der Waals surface area contributed by atoms with Crippen LogP contribution in [0.2, 0.25) is 5.02 Å². The van der Waals surface area contributed by atoms with Crippen molar-refractivity contribution in [1.29, 1.82) is 0 Å². The highest BCUT2D eigenvalue weighted by Gasteiger charge is 2.20. The zero-order valence-corrected chi connectivity index (χ0v) is 12.5. The van der Waals surface area contributed by atoms with Crippen LogP contribution in [0.5, 0.6) is 0 Å². The van der Waals surface area contributed by atoms with Gasteiger partial charge in [-0.15, -0.1) is 0 Å². The lowest BCUT2D eigenvalue weighted by atomic mass is 10.1. The van der Waals surface area contributed by atoms with E-state index >= 15 is 0 Å². The highest BCUT2D eigenvalue weighted by molar-refractivity contribution is 6.33. The van der Waals surface area contributed by atoms with Crippen LogP contribution in [0.15, 0.2) is 18.2 Å². The Balaban J connectivity index is 2.13. The lowest BCUT2D eigenvalue weighted by Crippen LogP contribution is -2.32. The van der Waals surface area contributed by atoms with Gasteiger partial charge in [0.25, 0.3) is 0 Å². The molecule has 2 rings (SSSR count). The SMILES string of the molecule is CCN(CC1CCCO1)c1ccc(C(C)N)cc1Cl. The van der Waals surface area contributed by atoms with Gasteiger partial charge in [0, 0.05) is 25.7 Å². The van der Waals surface area contributed by atoms with E-state index in [1.807, 2.05) is 13.0 Å². The van der Waals surface area contributed by atoms with Crippen LogP contribution in [0.4, 0.5) is 5.69 Å². The summed E-state index contributed by atoms with van der Waals surface area (Å²) >= 11 is 6.39. The predicted octanol–water partition coefficient (Wildman–Crippen LogP) is 3.37. The fraction of sp³-hybridized carbons (Fsp3) is 0.600. The molecule has 106 valence electrons. The van der Waals surface area contributed by atoms with Gasteiger partial charge in [0.1, 0.15) is 0 Å². The van der Waals surface area contributed by atoms with Gasteiger partial charge in [0.05, 0.1) is 16.8 Å². The van der Waals surface area contributed by atoms with E-state index in [2.05, 4.69) is 24.0 Å². The molecule has 0 amide bonds. The summed E-state index contributed by atoms with van der Waals surface area (Å²) in [5, 5.41) is 0.773. The predicted molar refractivity (Wildman–Crippen MR) is 80.9 cm³/mol. The Kier molecular flexibility index (Phi) is 5.08. The van der Waals surface area contributed by atoms with E-state index in [0.717, 1.165) is 42.4 Å². The van der Waals surface area contributed by atoms with Gasteiger partial charge in [-0.1, -0.05) is 17.7 Å². The summed E-state index contributed by atoms with van der Waals surface area (Å²) in [4.78, 5) is 2.28. The summed E-state index contributed by atoms with van der Waals surface area (Å²) in [6.07, 6.45) is 2.65. The van der Waals surface area contributed by atoms with Crippen molar-refractivity contribution >= 4 is 17.3 Å². The smallest absolute Gasteiger partial charge is 0.0750 e. The fourth-order valence-electron chi connectivity index (χ4n) is 2.49. The Bertz CT molecular complexity index is 417. The van der Waals surface area contributed by atoms with E-state index in [9.17, 15) is 0 Å². The van der Waals surface area contributed by atoms with Crippen LogP contribution in [0.3, 0.4) is 0 Å². The summed E-state index contributed by atoms with van der Waals surface area (Å²) in [7, 11) is 0. The molecule has 0 aliphatic carbocycles. The van der Waals surface area contributed by atoms with Crippen molar-refractivity contribution in [3.8, 4) is 0 Å². The molecule has 1 aromatic carbocycles. The number of hydrogen-bond donors (Lipinski definition) is 1. The molecule has 1 aromatic rings. The van der Waals surface area contributed by atoms with Crippen molar-refractivity contribution in [3.63, 3.8) is 0 Å². The molecule has 4 heteroatoms. The molecule has 1 saturated heterocycles. The fourth-order valence-corrected chi connectivity index (χ4v) is 2.80. The molecule has 0 aromatic heterocycles. The van der Waals surface area contributed by atoms with E-state index in [4.69, 9.17) is 22.1 Å². The van der Waals surface area contributed by atoms with Crippen molar-refractivity contribution in [3.05, 3.63) is 28.8 Å². The van der Waals surface area contributed by atoms with Crippen molar-refractivity contribution < 1.29 is 4.74 Å². The Hall–Kier alpha value is -0.770. The zero-order chi connectivity index (χ0) is 13.8. The van der Waals surface area contributed by atoms with Crippen LogP contribution < -0.4 is 10.6 Å². The summed E-state index contributed by atoms with van der Waals surface area (Å²) in [6, 6.07) is 6.11. The maximum atomic E-state index is 6.39. The second-order valence-corrected chi connectivity index (χ2v) is 5.58. The van der Waals surface area contributed by atoms with Crippen molar-refractivity contribution in [2.75, 3.05) is 24.6 Å². The standard InChI is InChI=1S/C15H23ClN2O/c1-3-18(10-13-5-4-8-19-13)15-7-6-12(11(2)17)9-14(15)16/h6-7,9,11,13H,3-5,8,10,17H2,1-2H3. The Morgan fingerprint density at radius 2 is 2.32 bits per heavy atom. The second-order valence-electron chi connectivity index (χ2n) is 5.17. The van der Waals surface area contributed by atoms with E-state index < -0.39 is 0 Å². The molecule has 1 heterocycles. The first-order valence-electron chi connectivity index (χ1n) is 7.03. The molecule has 2 unspecified atom stereocenters. The Morgan fingerprint density at radius 1 is 1.53 bits per heavy atom. The molecule has 0 saturated carbocycles. The lowest BCUT2D eigenvalue weighted by molar-refractivity contribution is 0.115. The molecule has 0 bridgehead atoms. The molecule has 19 heavy (non-hydrogen) atoms. The van der Waals surface area contributed by atoms with Gasteiger partial charge in [-0.25, -0.2) is 0 Å². The second kappa shape index (κ2) is 6.60. The van der Waals surface area contributed by atoms with Crippen molar-refractivity contribution in [2.24, 2.45) is 5.73 Å². The minimum atomic E-state index is 0.0137. The lowest BCUT2D eigenvalue weighted by Gasteiger charge is -2.27. The monoisotopic (exact) mass is 282 g/mol. The Labute approximate surface area is 120 Å². The maximum absolute atomic E-state index is 6.39. The molecular weight excluding hydrogens is 260 g/mol. The summed E-state index contributed by atoms with van der Waals surface area (Å²) < 4.78 is 5.70. The van der Waals surface area contributed by atoms with Crippen LogP contribution in [-0.2, 0) is 4.74 Å². The van der Waals surface area contributed by atoms with E-state index in [1.165, 1.54) is 6.42 Å². The minimum absolute atomic E-state index is 0.0137. The molecular formula is C15H23ClN2O. The van der Waals surface area contributed by atoms with Gasteiger partial charge < -0.3 is 15.4 Å². The number of ether oxygens (including phenoxy) is 1. The van der Waals surface area contributed by atoms with Crippen LogP contribution in [0.1, 0.15) is 38.3 Å². The zero-order valence-electron chi connectivity index (χ0n) is 11.7. The van der Waals surface area contributed by atoms with Gasteiger partial charge in [0.15, 0.2) is 0 Å². The third-order valence-corrected chi connectivity index (χ3v) is 3.97. The van der Waals surface area contributed by atoms with Crippen LogP contribution in [-0.4, -0.2) is 25.8 Å². The normalized spacial score (nSPS) is 20.5. The van der Waals surface area contributed by atoms with E-state index in [-0.39, 0.29) is 6.04 Å². The van der Waals surface area contributed by atoms with Gasteiger partial charge >= 0.3 is 0 Å². The summed E-state index contributed by atoms with van der Waals surface area (Å²) in [5.74, 6) is 0. The number of anilines is 1. The summed E-state index contributed by atoms with van der Waals surface area (Å²) in [5.41, 5.74) is 8.03. The molecule has 2 atom stereocenters. The van der Waals surface area contributed by atoms with E-state index in [1.54, 1.807) is 0 Å². The molecule has 0 radical (unpaired) electrons. The van der Waals surface area contributed by atoms with E-state index in [0.29, 0.717) is 6.10 Å². The van der Waals surface area contributed by atoms with Crippen LogP contribution in [0.25, 0.3) is 0 Å². The number of benzene rings is 1. The number of halogens is 1. The first-order valence-corrected chi connectivity index (χ1v) is 7.41. The van der Waals surface area contributed by atoms with Gasteiger partial charge in [-0.3, -0.25) is 0 Å². The van der Waals surface area contributed by atoms with Gasteiger partial charge in [0.2, 0.25) is 0 Å². The topological polar surface area (TPSA) is 38.5 Å². The van der Waals surface area contributed by atoms with Gasteiger partial charge in [-0.05, 0) is 44.4 Å². The number of nitrogens with two attached hydrogens (primary N) is 1. The molecule has 3 nitrogen and oxygen atoms in total. The van der Waals surface area contributed by atoms with Gasteiger partial charge in [-0.2, -0.15) is 0 Å². The molecule has 1 aliphatic rings. The minimum Gasteiger partial charge on any atom is -0.376 e. The van der Waals surface area contributed by atoms with Crippen LogP contribution in [0, 0.1) is 0 Å².